The summed E-state index contributed by atoms with van der Waals surface area (Å²) in [4.78, 5) is 13.3. The Morgan fingerprint density at radius 1 is 1.56 bits per heavy atom. The van der Waals surface area contributed by atoms with E-state index in [2.05, 4.69) is 37.8 Å². The highest BCUT2D eigenvalue weighted by molar-refractivity contribution is 9.10. The molecule has 0 bridgehead atoms. The maximum atomic E-state index is 10.7. The Kier molecular flexibility index (Phi) is 4.40. The molecule has 0 aromatic heterocycles. The molecule has 0 atom stereocenters. The van der Waals surface area contributed by atoms with Gasteiger partial charge in [-0.15, -0.1) is 0 Å². The summed E-state index contributed by atoms with van der Waals surface area (Å²) in [5, 5.41) is 12.1. The van der Waals surface area contributed by atoms with Crippen LogP contribution >= 0.6 is 15.9 Å². The van der Waals surface area contributed by atoms with Crippen molar-refractivity contribution in [3.8, 4) is 11.8 Å². The van der Waals surface area contributed by atoms with E-state index < -0.39 is 5.97 Å². The summed E-state index contributed by atoms with van der Waals surface area (Å²) < 4.78 is 0.639. The van der Waals surface area contributed by atoms with Gasteiger partial charge in [-0.25, -0.2) is 4.79 Å². The minimum atomic E-state index is -1.01. The maximum absolute atomic E-state index is 10.7. The van der Waals surface area contributed by atoms with Crippen molar-refractivity contribution in [3.63, 3.8) is 0 Å². The summed E-state index contributed by atoms with van der Waals surface area (Å²) in [6.07, 6.45) is 0. The van der Waals surface area contributed by atoms with Crippen LogP contribution in [0.1, 0.15) is 15.9 Å². The number of rotatable bonds is 2. The molecule has 0 amide bonds. The van der Waals surface area contributed by atoms with Gasteiger partial charge in [-0.3, -0.25) is 0 Å². The minimum Gasteiger partial charge on any atom is -0.478 e. The summed E-state index contributed by atoms with van der Waals surface area (Å²) >= 11 is 3.19. The van der Waals surface area contributed by atoms with Gasteiger partial charge < -0.3 is 5.11 Å². The number of carboxylic acids is 1. The van der Waals surface area contributed by atoms with Crippen molar-refractivity contribution in [1.29, 1.82) is 0 Å². The number of hydrogen-bond acceptors (Lipinski definition) is 2. The van der Waals surface area contributed by atoms with Gasteiger partial charge in [0.15, 0.2) is 0 Å². The zero-order chi connectivity index (χ0) is 12.0. The highest BCUT2D eigenvalue weighted by atomic mass is 79.9. The van der Waals surface area contributed by atoms with Crippen molar-refractivity contribution in [2.45, 2.75) is 0 Å². The van der Waals surface area contributed by atoms with Crippen LogP contribution in [0, 0.1) is 11.8 Å². The van der Waals surface area contributed by atoms with Gasteiger partial charge in [0.05, 0.1) is 12.1 Å². The van der Waals surface area contributed by atoms with Crippen molar-refractivity contribution in [3.05, 3.63) is 44.2 Å². The average Bonchev–Trinajstić information content (AvgIpc) is 2.23. The number of benzene rings is 1. The Morgan fingerprint density at radius 3 is 2.94 bits per heavy atom. The van der Waals surface area contributed by atoms with E-state index >= 15 is 0 Å². The Labute approximate surface area is 99.8 Å². The second-order valence-corrected chi connectivity index (χ2v) is 3.64. The molecule has 1 rings (SSSR count). The third-order valence-corrected chi connectivity index (χ3v) is 2.05. The SMILES string of the molecule is [N-]=[N+]=NCC#Cc1cc(Br)cc(C(=O)O)c1. The summed E-state index contributed by atoms with van der Waals surface area (Å²) in [7, 11) is 0. The Balaban J connectivity index is 2.99. The van der Waals surface area contributed by atoms with Gasteiger partial charge in [-0.2, -0.15) is 0 Å². The van der Waals surface area contributed by atoms with Crippen LogP contribution in [0.5, 0.6) is 0 Å². The van der Waals surface area contributed by atoms with E-state index in [0.29, 0.717) is 10.0 Å². The molecule has 0 aliphatic rings. The van der Waals surface area contributed by atoms with Gasteiger partial charge in [0.2, 0.25) is 0 Å². The molecule has 1 aromatic rings. The molecular weight excluding hydrogens is 274 g/mol. The number of hydrogen-bond donors (Lipinski definition) is 1. The molecule has 1 aromatic carbocycles. The van der Waals surface area contributed by atoms with Crippen LogP contribution in [0.2, 0.25) is 0 Å². The van der Waals surface area contributed by atoms with E-state index in [4.69, 9.17) is 10.6 Å². The van der Waals surface area contributed by atoms with Crippen LogP contribution in [0.4, 0.5) is 0 Å². The summed E-state index contributed by atoms with van der Waals surface area (Å²) in [5.41, 5.74) is 8.74. The van der Waals surface area contributed by atoms with Gasteiger partial charge in [-0.1, -0.05) is 32.9 Å². The predicted molar refractivity (Wildman–Crippen MR) is 62.0 cm³/mol. The highest BCUT2D eigenvalue weighted by Crippen LogP contribution is 2.15. The van der Waals surface area contributed by atoms with Gasteiger partial charge in [-0.05, 0) is 23.7 Å². The Bertz CT molecular complexity index is 525. The fourth-order valence-corrected chi connectivity index (χ4v) is 1.49. The number of carboxylic acid groups (broad SMARTS) is 1. The van der Waals surface area contributed by atoms with Crippen LogP contribution in [0.3, 0.4) is 0 Å². The zero-order valence-corrected chi connectivity index (χ0v) is 9.60. The van der Waals surface area contributed by atoms with Crippen molar-refractivity contribution in [2.24, 2.45) is 5.11 Å². The van der Waals surface area contributed by atoms with Crippen LogP contribution in [0.25, 0.3) is 10.4 Å². The van der Waals surface area contributed by atoms with Gasteiger partial charge >= 0.3 is 5.97 Å². The molecule has 0 saturated heterocycles. The highest BCUT2D eigenvalue weighted by Gasteiger charge is 2.04. The normalized spacial score (nSPS) is 8.56. The number of aromatic carboxylic acids is 1. The van der Waals surface area contributed by atoms with E-state index in [1.165, 1.54) is 12.1 Å². The third kappa shape index (κ3) is 3.65. The third-order valence-electron chi connectivity index (χ3n) is 1.59. The van der Waals surface area contributed by atoms with Crippen LogP contribution in [-0.2, 0) is 0 Å². The second-order valence-electron chi connectivity index (χ2n) is 2.72. The maximum Gasteiger partial charge on any atom is 0.335 e. The molecule has 0 spiro atoms. The standard InChI is InChI=1S/C10H6BrN3O2/c11-9-5-7(2-1-3-13-14-12)4-8(6-9)10(15)16/h4-6H,3H2,(H,15,16). The van der Waals surface area contributed by atoms with Gasteiger partial charge in [0.25, 0.3) is 0 Å². The molecular formula is C10H6BrN3O2. The lowest BCUT2D eigenvalue weighted by Gasteiger charge is -1.97. The molecule has 5 nitrogen and oxygen atoms in total. The molecule has 0 heterocycles. The molecule has 0 unspecified atom stereocenters. The van der Waals surface area contributed by atoms with E-state index in [9.17, 15) is 4.79 Å². The average molecular weight is 280 g/mol. The fourth-order valence-electron chi connectivity index (χ4n) is 0.994. The molecule has 6 heteroatoms. The molecule has 0 aliphatic heterocycles. The van der Waals surface area contributed by atoms with E-state index in [-0.39, 0.29) is 12.1 Å². The first-order chi connectivity index (χ1) is 7.63. The monoisotopic (exact) mass is 279 g/mol. The molecule has 0 aliphatic carbocycles. The number of halogens is 1. The molecule has 1 N–H and O–H groups in total. The summed E-state index contributed by atoms with van der Waals surface area (Å²) in [5.74, 6) is 4.30. The number of nitrogens with zero attached hydrogens (tertiary/aromatic N) is 3. The van der Waals surface area contributed by atoms with Crippen molar-refractivity contribution >= 4 is 21.9 Å². The zero-order valence-electron chi connectivity index (χ0n) is 8.01. The first kappa shape index (κ1) is 12.1. The quantitative estimate of drug-likeness (QED) is 0.391. The molecule has 0 saturated carbocycles. The van der Waals surface area contributed by atoms with Crippen molar-refractivity contribution in [2.75, 3.05) is 6.54 Å². The summed E-state index contributed by atoms with van der Waals surface area (Å²) in [6, 6.07) is 4.63. The Morgan fingerprint density at radius 2 is 2.31 bits per heavy atom. The largest absolute Gasteiger partial charge is 0.478 e. The van der Waals surface area contributed by atoms with Gasteiger partial charge in [0, 0.05) is 14.9 Å². The fraction of sp³-hybridized carbons (Fsp3) is 0.100. The Hall–Kier alpha value is -1.96. The lowest BCUT2D eigenvalue weighted by Crippen LogP contribution is -1.96. The van der Waals surface area contributed by atoms with Gasteiger partial charge in [0.1, 0.15) is 0 Å². The van der Waals surface area contributed by atoms with Crippen molar-refractivity contribution in [1.82, 2.24) is 0 Å². The van der Waals surface area contributed by atoms with E-state index in [1.54, 1.807) is 6.07 Å². The van der Waals surface area contributed by atoms with E-state index in [1.807, 2.05) is 0 Å². The minimum absolute atomic E-state index is 0.0609. The lowest BCUT2D eigenvalue weighted by atomic mass is 10.1. The number of azide groups is 1. The molecule has 0 fully saturated rings. The topological polar surface area (TPSA) is 86.1 Å². The van der Waals surface area contributed by atoms with Crippen LogP contribution in [-0.4, -0.2) is 17.6 Å². The smallest absolute Gasteiger partial charge is 0.335 e. The number of carbonyl (C=O) groups is 1. The summed E-state index contributed by atoms with van der Waals surface area (Å²) in [6.45, 7) is 0.0609. The van der Waals surface area contributed by atoms with Crippen molar-refractivity contribution < 1.29 is 9.90 Å². The molecule has 0 radical (unpaired) electrons. The first-order valence-corrected chi connectivity index (χ1v) is 4.96. The molecule has 80 valence electrons. The van der Waals surface area contributed by atoms with E-state index in [0.717, 1.165) is 0 Å². The second kappa shape index (κ2) is 5.81. The predicted octanol–water partition coefficient (Wildman–Crippen LogP) is 2.81. The lowest BCUT2D eigenvalue weighted by molar-refractivity contribution is 0.0697. The molecule has 16 heavy (non-hydrogen) atoms. The van der Waals surface area contributed by atoms with Crippen LogP contribution in [0.15, 0.2) is 27.8 Å². The first-order valence-electron chi connectivity index (χ1n) is 4.17. The van der Waals surface area contributed by atoms with Crippen LogP contribution < -0.4 is 0 Å².